The normalized spacial score (nSPS) is 14.7. The van der Waals surface area contributed by atoms with Crippen LogP contribution in [0.25, 0.3) is 6.08 Å². The van der Waals surface area contributed by atoms with E-state index in [9.17, 15) is 14.4 Å². The minimum atomic E-state index is -0.993. The van der Waals surface area contributed by atoms with Crippen LogP contribution >= 0.6 is 35.4 Å². The number of thiocarbonyl (C=S) groups is 1. The van der Waals surface area contributed by atoms with Crippen LogP contribution in [0.5, 0.6) is 5.75 Å². The highest BCUT2D eigenvalue weighted by Gasteiger charge is 2.35. The molecule has 0 bridgehead atoms. The molecule has 3 aromatic rings. The molecule has 1 aliphatic rings. The number of carbonyl (C=O) groups is 3. The summed E-state index contributed by atoms with van der Waals surface area (Å²) in [6.45, 7) is 0.244. The first-order chi connectivity index (χ1) is 16.7. The molecule has 0 aromatic heterocycles. The summed E-state index contributed by atoms with van der Waals surface area (Å²) in [5.74, 6) is -1.69. The Hall–Kier alpha value is -3.72. The number of rotatable bonds is 6. The summed E-state index contributed by atoms with van der Waals surface area (Å²) in [5, 5.41) is 11.8. The molecule has 0 saturated carbocycles. The van der Waals surface area contributed by atoms with Crippen LogP contribution in [0.1, 0.15) is 21.5 Å². The van der Waals surface area contributed by atoms with Gasteiger partial charge in [0.05, 0.1) is 21.3 Å². The quantitative estimate of drug-likeness (QED) is 0.263. The average Bonchev–Trinajstić information content (AvgIpc) is 2.84. The lowest BCUT2D eigenvalue weighted by Crippen LogP contribution is -2.54. The highest BCUT2D eigenvalue weighted by molar-refractivity contribution is 7.80. The molecule has 0 radical (unpaired) electrons. The van der Waals surface area contributed by atoms with Crippen molar-refractivity contribution in [2.24, 2.45) is 0 Å². The number of hydrogen-bond donors (Lipinski definition) is 2. The molecule has 2 amide bonds. The van der Waals surface area contributed by atoms with E-state index in [4.69, 9.17) is 45.3 Å². The molecule has 4 rings (SSSR count). The van der Waals surface area contributed by atoms with Crippen molar-refractivity contribution in [3.05, 3.63) is 99.0 Å². The van der Waals surface area contributed by atoms with Gasteiger partial charge in [-0.2, -0.15) is 0 Å². The van der Waals surface area contributed by atoms with Crippen molar-refractivity contribution in [3.8, 4) is 5.75 Å². The molecule has 1 fully saturated rings. The molecule has 0 atom stereocenters. The zero-order valence-corrected chi connectivity index (χ0v) is 20.2. The van der Waals surface area contributed by atoms with Crippen LogP contribution in [0.2, 0.25) is 10.0 Å². The molecule has 176 valence electrons. The third-order valence-corrected chi connectivity index (χ3v) is 6.16. The Labute approximate surface area is 215 Å². The maximum absolute atomic E-state index is 13.2. The Morgan fingerprint density at radius 1 is 1.03 bits per heavy atom. The zero-order valence-electron chi connectivity index (χ0n) is 17.8. The summed E-state index contributed by atoms with van der Waals surface area (Å²) >= 11 is 17.5. The lowest BCUT2D eigenvalue weighted by molar-refractivity contribution is -0.122. The Bertz CT molecular complexity index is 1370. The van der Waals surface area contributed by atoms with E-state index in [1.165, 1.54) is 18.2 Å². The van der Waals surface area contributed by atoms with Gasteiger partial charge in [0, 0.05) is 0 Å². The number of benzene rings is 3. The van der Waals surface area contributed by atoms with Crippen molar-refractivity contribution in [2.75, 3.05) is 4.90 Å². The molecule has 2 N–H and O–H groups in total. The number of ether oxygens (including phenoxy) is 1. The number of carbonyl (C=O) groups excluding carboxylic acids is 2. The van der Waals surface area contributed by atoms with Crippen LogP contribution in [0.15, 0.2) is 72.3 Å². The third kappa shape index (κ3) is 5.35. The maximum Gasteiger partial charge on any atom is 0.335 e. The van der Waals surface area contributed by atoms with Crippen LogP contribution in [-0.4, -0.2) is 28.0 Å². The summed E-state index contributed by atoms with van der Waals surface area (Å²) in [7, 11) is 0. The SMILES string of the molecule is O=C1NC(=S)N(c2cccc(Cl)c2Cl)C(=O)/C1=C/c1ccc(OCc2ccc(C(=O)O)cc2)cc1. The number of amides is 2. The first-order valence-electron chi connectivity index (χ1n) is 10.1. The van der Waals surface area contributed by atoms with Crippen molar-refractivity contribution in [1.82, 2.24) is 5.32 Å². The van der Waals surface area contributed by atoms with Gasteiger partial charge >= 0.3 is 5.97 Å². The fourth-order valence-electron chi connectivity index (χ4n) is 3.28. The minimum Gasteiger partial charge on any atom is -0.489 e. The molecule has 0 aliphatic carbocycles. The van der Waals surface area contributed by atoms with Gasteiger partial charge in [-0.25, -0.2) is 4.79 Å². The van der Waals surface area contributed by atoms with E-state index in [0.29, 0.717) is 11.3 Å². The smallest absolute Gasteiger partial charge is 0.335 e. The zero-order chi connectivity index (χ0) is 25.1. The standard InChI is InChI=1S/C25H16Cl2N2O5S/c26-19-2-1-3-20(21(19)27)29-23(31)18(22(30)28-25(29)35)12-14-6-10-17(11-7-14)34-13-15-4-8-16(9-5-15)24(32)33/h1-12H,13H2,(H,32,33)(H,28,30,35)/b18-12+. The third-order valence-electron chi connectivity index (χ3n) is 5.07. The Morgan fingerprint density at radius 3 is 2.37 bits per heavy atom. The van der Waals surface area contributed by atoms with Gasteiger partial charge in [-0.1, -0.05) is 53.5 Å². The van der Waals surface area contributed by atoms with E-state index in [1.807, 2.05) is 0 Å². The van der Waals surface area contributed by atoms with E-state index < -0.39 is 17.8 Å². The maximum atomic E-state index is 13.2. The van der Waals surface area contributed by atoms with Gasteiger partial charge in [0.2, 0.25) is 0 Å². The fraction of sp³-hybridized carbons (Fsp3) is 0.0400. The summed E-state index contributed by atoms with van der Waals surface area (Å²) in [4.78, 5) is 37.7. The molecule has 35 heavy (non-hydrogen) atoms. The monoisotopic (exact) mass is 526 g/mol. The molecule has 3 aromatic carbocycles. The molecule has 0 spiro atoms. The van der Waals surface area contributed by atoms with Gasteiger partial charge < -0.3 is 9.84 Å². The van der Waals surface area contributed by atoms with Gasteiger partial charge in [-0.05, 0) is 65.8 Å². The molecular formula is C25H16Cl2N2O5S. The Balaban J connectivity index is 1.50. The highest BCUT2D eigenvalue weighted by atomic mass is 35.5. The topological polar surface area (TPSA) is 95.9 Å². The van der Waals surface area contributed by atoms with E-state index in [-0.39, 0.29) is 38.6 Å². The largest absolute Gasteiger partial charge is 0.489 e. The van der Waals surface area contributed by atoms with Gasteiger partial charge in [-0.3, -0.25) is 19.8 Å². The van der Waals surface area contributed by atoms with Crippen LogP contribution in [0.3, 0.4) is 0 Å². The van der Waals surface area contributed by atoms with E-state index in [1.54, 1.807) is 54.6 Å². The van der Waals surface area contributed by atoms with E-state index in [0.717, 1.165) is 10.5 Å². The van der Waals surface area contributed by atoms with Crippen LogP contribution in [0.4, 0.5) is 5.69 Å². The summed E-state index contributed by atoms with van der Waals surface area (Å²) < 4.78 is 5.73. The average molecular weight is 527 g/mol. The number of anilines is 1. The van der Waals surface area contributed by atoms with Gasteiger partial charge in [0.25, 0.3) is 11.8 Å². The number of aromatic carboxylic acids is 1. The number of carboxylic acid groups (broad SMARTS) is 1. The lowest BCUT2D eigenvalue weighted by atomic mass is 10.1. The van der Waals surface area contributed by atoms with Crippen LogP contribution in [0, 0.1) is 0 Å². The first-order valence-corrected chi connectivity index (χ1v) is 11.3. The predicted molar refractivity (Wildman–Crippen MR) is 137 cm³/mol. The second-order valence-electron chi connectivity index (χ2n) is 7.39. The van der Waals surface area contributed by atoms with Crippen LogP contribution < -0.4 is 15.0 Å². The molecular weight excluding hydrogens is 511 g/mol. The van der Waals surface area contributed by atoms with Gasteiger partial charge in [0.15, 0.2) is 5.11 Å². The van der Waals surface area contributed by atoms with Crippen molar-refractivity contribution in [2.45, 2.75) is 6.61 Å². The summed E-state index contributed by atoms with van der Waals surface area (Å²) in [6.07, 6.45) is 1.44. The molecule has 10 heteroatoms. The van der Waals surface area contributed by atoms with E-state index >= 15 is 0 Å². The number of hydrogen-bond acceptors (Lipinski definition) is 5. The van der Waals surface area contributed by atoms with Crippen LogP contribution in [-0.2, 0) is 16.2 Å². The number of nitrogens with zero attached hydrogens (tertiary/aromatic N) is 1. The molecule has 1 heterocycles. The highest BCUT2D eigenvalue weighted by Crippen LogP contribution is 2.34. The van der Waals surface area contributed by atoms with Crippen molar-refractivity contribution in [3.63, 3.8) is 0 Å². The van der Waals surface area contributed by atoms with Crippen molar-refractivity contribution in [1.29, 1.82) is 0 Å². The second kappa shape index (κ2) is 10.3. The summed E-state index contributed by atoms with van der Waals surface area (Å²) in [5.41, 5.74) is 1.74. The fourth-order valence-corrected chi connectivity index (χ4v) is 3.93. The van der Waals surface area contributed by atoms with E-state index in [2.05, 4.69) is 5.32 Å². The molecule has 7 nitrogen and oxygen atoms in total. The minimum absolute atomic E-state index is 0.0959. The Morgan fingerprint density at radius 2 is 1.71 bits per heavy atom. The van der Waals surface area contributed by atoms with Gasteiger partial charge in [0.1, 0.15) is 17.9 Å². The molecule has 1 saturated heterocycles. The summed E-state index contributed by atoms with van der Waals surface area (Å²) in [6, 6.07) is 17.9. The first kappa shape index (κ1) is 24.4. The molecule has 1 aliphatic heterocycles. The second-order valence-corrected chi connectivity index (χ2v) is 8.56. The van der Waals surface area contributed by atoms with Gasteiger partial charge in [-0.15, -0.1) is 0 Å². The number of carboxylic acids is 1. The molecule has 0 unspecified atom stereocenters. The Kier molecular flexibility index (Phi) is 7.16. The number of nitrogens with one attached hydrogen (secondary N) is 1. The number of halogens is 2. The van der Waals surface area contributed by atoms with Crippen molar-refractivity contribution >= 4 is 70.1 Å². The predicted octanol–water partition coefficient (Wildman–Crippen LogP) is 5.10. The van der Waals surface area contributed by atoms with Crippen molar-refractivity contribution < 1.29 is 24.2 Å². The lowest BCUT2D eigenvalue weighted by Gasteiger charge is -2.29.